The van der Waals surface area contributed by atoms with Crippen molar-refractivity contribution >= 4 is 23.4 Å². The van der Waals surface area contributed by atoms with E-state index in [4.69, 9.17) is 22.4 Å². The Morgan fingerprint density at radius 3 is 2.76 bits per heavy atom. The Balaban J connectivity index is 2.54. The number of nitrogens with two attached hydrogens (primary N) is 1. The van der Waals surface area contributed by atoms with Gasteiger partial charge in [-0.25, -0.2) is 4.98 Å². The van der Waals surface area contributed by atoms with E-state index in [1.165, 1.54) is 0 Å². The Bertz CT molecular complexity index is 350. The first-order valence-corrected chi connectivity index (χ1v) is 5.95. The molecule has 0 aliphatic rings. The Morgan fingerprint density at radius 2 is 2.18 bits per heavy atom. The van der Waals surface area contributed by atoms with Crippen molar-refractivity contribution in [3.05, 3.63) is 11.2 Å². The van der Waals surface area contributed by atoms with E-state index in [0.29, 0.717) is 11.0 Å². The molecule has 0 atom stereocenters. The van der Waals surface area contributed by atoms with Crippen molar-refractivity contribution in [3.63, 3.8) is 0 Å². The van der Waals surface area contributed by atoms with Crippen LogP contribution in [-0.4, -0.2) is 28.2 Å². The van der Waals surface area contributed by atoms with Crippen molar-refractivity contribution in [3.8, 4) is 0 Å². The van der Waals surface area contributed by atoms with Crippen LogP contribution in [0.2, 0.25) is 5.15 Å². The molecule has 1 aromatic rings. The van der Waals surface area contributed by atoms with Crippen LogP contribution in [0, 0.1) is 5.41 Å². The largest absolute Gasteiger partial charge is 0.396 e. The van der Waals surface area contributed by atoms with Gasteiger partial charge in [-0.05, 0) is 18.3 Å². The number of nitrogen functional groups attached to an aromatic ring is 1. The normalized spacial score (nSPS) is 11.5. The molecule has 0 saturated heterocycles. The average molecular weight is 259 g/mol. The van der Waals surface area contributed by atoms with E-state index in [1.54, 1.807) is 6.07 Å². The molecule has 0 amide bonds. The molecule has 0 aromatic carbocycles. The quantitative estimate of drug-likeness (QED) is 0.679. The summed E-state index contributed by atoms with van der Waals surface area (Å²) in [7, 11) is 0. The fourth-order valence-electron chi connectivity index (χ4n) is 1.50. The molecule has 6 heteroatoms. The summed E-state index contributed by atoms with van der Waals surface area (Å²) in [6.07, 6.45) is 1.73. The van der Waals surface area contributed by atoms with Gasteiger partial charge in [-0.15, -0.1) is 0 Å². The van der Waals surface area contributed by atoms with Crippen LogP contribution in [-0.2, 0) is 0 Å². The predicted octanol–water partition coefficient (Wildman–Crippen LogP) is 1.92. The van der Waals surface area contributed by atoms with Crippen LogP contribution < -0.4 is 11.1 Å². The number of nitrogens with one attached hydrogen (secondary N) is 1. The summed E-state index contributed by atoms with van der Waals surface area (Å²) >= 11 is 5.78. The molecule has 4 N–H and O–H groups in total. The molecule has 17 heavy (non-hydrogen) atoms. The zero-order chi connectivity index (χ0) is 12.9. The number of rotatable bonds is 6. The Labute approximate surface area is 106 Å². The van der Waals surface area contributed by atoms with Gasteiger partial charge in [0.25, 0.3) is 0 Å². The maximum absolute atomic E-state index is 8.81. The van der Waals surface area contributed by atoms with E-state index in [9.17, 15) is 0 Å². The van der Waals surface area contributed by atoms with Crippen LogP contribution >= 0.6 is 11.6 Å². The van der Waals surface area contributed by atoms with Crippen LogP contribution in [0.4, 0.5) is 11.8 Å². The summed E-state index contributed by atoms with van der Waals surface area (Å²) in [5.41, 5.74) is 5.58. The zero-order valence-electron chi connectivity index (χ0n) is 10.2. The van der Waals surface area contributed by atoms with Gasteiger partial charge in [0.15, 0.2) is 0 Å². The number of hydrogen-bond acceptors (Lipinski definition) is 5. The maximum Gasteiger partial charge on any atom is 0.223 e. The number of nitrogens with zero attached hydrogens (tertiary/aromatic N) is 2. The minimum absolute atomic E-state index is 0.0783. The Morgan fingerprint density at radius 1 is 1.47 bits per heavy atom. The molecule has 0 saturated carbocycles. The molecule has 1 aromatic heterocycles. The fourth-order valence-corrected chi connectivity index (χ4v) is 1.69. The SMILES string of the molecule is CC(C)(CCCO)CNc1cc(Cl)nc(N)n1. The Kier molecular flexibility index (Phi) is 4.96. The zero-order valence-corrected chi connectivity index (χ0v) is 11.0. The number of aromatic nitrogens is 2. The molecular formula is C11H19ClN4O. The highest BCUT2D eigenvalue weighted by Gasteiger charge is 2.17. The third kappa shape index (κ3) is 5.19. The van der Waals surface area contributed by atoms with E-state index >= 15 is 0 Å². The molecule has 5 nitrogen and oxygen atoms in total. The second-order valence-corrected chi connectivity index (χ2v) is 5.17. The van der Waals surface area contributed by atoms with E-state index in [1.807, 2.05) is 0 Å². The lowest BCUT2D eigenvalue weighted by Crippen LogP contribution is -2.24. The second-order valence-electron chi connectivity index (χ2n) is 4.78. The molecule has 0 bridgehead atoms. The van der Waals surface area contributed by atoms with Crippen molar-refractivity contribution in [1.82, 2.24) is 9.97 Å². The van der Waals surface area contributed by atoms with Gasteiger partial charge in [-0.1, -0.05) is 25.4 Å². The summed E-state index contributed by atoms with van der Waals surface area (Å²) in [5, 5.41) is 12.3. The van der Waals surface area contributed by atoms with Crippen molar-refractivity contribution < 1.29 is 5.11 Å². The third-order valence-electron chi connectivity index (χ3n) is 2.47. The molecule has 1 heterocycles. The monoisotopic (exact) mass is 258 g/mol. The van der Waals surface area contributed by atoms with Crippen molar-refractivity contribution in [1.29, 1.82) is 0 Å². The number of hydrogen-bond donors (Lipinski definition) is 3. The summed E-state index contributed by atoms with van der Waals surface area (Å²) < 4.78 is 0. The fraction of sp³-hybridized carbons (Fsp3) is 0.636. The highest BCUT2D eigenvalue weighted by atomic mass is 35.5. The topological polar surface area (TPSA) is 84.1 Å². The Hall–Kier alpha value is -1.07. The van der Waals surface area contributed by atoms with Gasteiger partial charge in [0.05, 0.1) is 0 Å². The van der Waals surface area contributed by atoms with E-state index < -0.39 is 0 Å². The van der Waals surface area contributed by atoms with E-state index in [2.05, 4.69) is 29.1 Å². The lowest BCUT2D eigenvalue weighted by atomic mass is 9.88. The van der Waals surface area contributed by atoms with Crippen molar-refractivity contribution in [2.75, 3.05) is 24.2 Å². The van der Waals surface area contributed by atoms with Gasteiger partial charge in [-0.3, -0.25) is 0 Å². The first kappa shape index (κ1) is 14.0. The number of halogens is 1. The lowest BCUT2D eigenvalue weighted by Gasteiger charge is -2.24. The molecule has 0 aliphatic heterocycles. The highest BCUT2D eigenvalue weighted by molar-refractivity contribution is 6.29. The number of anilines is 2. The first-order chi connectivity index (χ1) is 7.93. The first-order valence-electron chi connectivity index (χ1n) is 5.58. The van der Waals surface area contributed by atoms with Gasteiger partial charge in [0, 0.05) is 19.2 Å². The highest BCUT2D eigenvalue weighted by Crippen LogP contribution is 2.23. The van der Waals surface area contributed by atoms with Crippen LogP contribution in [0.3, 0.4) is 0 Å². The van der Waals surface area contributed by atoms with Crippen LogP contribution in [0.25, 0.3) is 0 Å². The standard InChI is InChI=1S/C11H19ClN4O/c1-11(2,4-3-5-17)7-14-9-6-8(12)15-10(13)16-9/h6,17H,3-5,7H2,1-2H3,(H3,13,14,15,16). The molecule has 0 aliphatic carbocycles. The minimum atomic E-state index is 0.0783. The second kappa shape index (κ2) is 6.02. The van der Waals surface area contributed by atoms with Gasteiger partial charge < -0.3 is 16.2 Å². The molecular weight excluding hydrogens is 240 g/mol. The smallest absolute Gasteiger partial charge is 0.223 e. The van der Waals surface area contributed by atoms with E-state index in [-0.39, 0.29) is 18.0 Å². The predicted molar refractivity (Wildman–Crippen MR) is 70.0 cm³/mol. The van der Waals surface area contributed by atoms with Gasteiger partial charge in [0.1, 0.15) is 11.0 Å². The van der Waals surface area contributed by atoms with Crippen molar-refractivity contribution in [2.45, 2.75) is 26.7 Å². The van der Waals surface area contributed by atoms with Gasteiger partial charge in [0.2, 0.25) is 5.95 Å². The molecule has 0 spiro atoms. The summed E-state index contributed by atoms with van der Waals surface area (Å²) in [6, 6.07) is 1.64. The summed E-state index contributed by atoms with van der Waals surface area (Å²) in [4.78, 5) is 7.83. The minimum Gasteiger partial charge on any atom is -0.396 e. The third-order valence-corrected chi connectivity index (χ3v) is 2.67. The average Bonchev–Trinajstić information content (AvgIpc) is 2.23. The molecule has 0 fully saturated rings. The van der Waals surface area contributed by atoms with Crippen LogP contribution in [0.5, 0.6) is 0 Å². The van der Waals surface area contributed by atoms with Gasteiger partial charge >= 0.3 is 0 Å². The number of aliphatic hydroxyl groups excluding tert-OH is 1. The van der Waals surface area contributed by atoms with Crippen molar-refractivity contribution in [2.24, 2.45) is 5.41 Å². The van der Waals surface area contributed by atoms with Crippen LogP contribution in [0.1, 0.15) is 26.7 Å². The molecule has 0 unspecified atom stereocenters. The van der Waals surface area contributed by atoms with Crippen LogP contribution in [0.15, 0.2) is 6.07 Å². The van der Waals surface area contributed by atoms with Gasteiger partial charge in [-0.2, -0.15) is 4.98 Å². The number of aliphatic hydroxyl groups is 1. The summed E-state index contributed by atoms with van der Waals surface area (Å²) in [6.45, 7) is 5.21. The summed E-state index contributed by atoms with van der Waals surface area (Å²) in [5.74, 6) is 0.785. The molecule has 96 valence electrons. The maximum atomic E-state index is 8.81. The van der Waals surface area contributed by atoms with E-state index in [0.717, 1.165) is 19.4 Å². The molecule has 1 rings (SSSR count). The molecule has 0 radical (unpaired) electrons. The lowest BCUT2D eigenvalue weighted by molar-refractivity contribution is 0.248.